The highest BCUT2D eigenvalue weighted by atomic mass is 15.0. The summed E-state index contributed by atoms with van der Waals surface area (Å²) in [5, 5.41) is 3.76. The average molecular weight is 271 g/mol. The van der Waals surface area contributed by atoms with Crippen LogP contribution in [0.3, 0.4) is 0 Å². The van der Waals surface area contributed by atoms with Gasteiger partial charge in [0, 0.05) is 18.8 Å². The number of hydrogen-bond donors (Lipinski definition) is 1. The van der Waals surface area contributed by atoms with Gasteiger partial charge in [-0.15, -0.1) is 0 Å². The Hall–Kier alpha value is -1.35. The molecule has 2 heterocycles. The average Bonchev–Trinajstić information content (AvgIpc) is 2.73. The van der Waals surface area contributed by atoms with Crippen molar-refractivity contribution in [3.63, 3.8) is 0 Å². The Bertz CT molecular complexity index is 550. The topological polar surface area (TPSA) is 29.3 Å². The first-order chi connectivity index (χ1) is 9.84. The van der Waals surface area contributed by atoms with E-state index in [0.29, 0.717) is 6.04 Å². The molecule has 0 amide bonds. The summed E-state index contributed by atoms with van der Waals surface area (Å²) in [6.07, 6.45) is 11.8. The van der Waals surface area contributed by atoms with Crippen LogP contribution in [0.1, 0.15) is 56.3 Å². The van der Waals surface area contributed by atoms with Crippen molar-refractivity contribution in [2.75, 3.05) is 0 Å². The lowest BCUT2D eigenvalue weighted by molar-refractivity contribution is 0.387. The predicted molar refractivity (Wildman–Crippen MR) is 82.9 cm³/mol. The Kier molecular flexibility index (Phi) is 4.36. The molecule has 0 aromatic carbocycles. The second-order valence-corrected chi connectivity index (χ2v) is 6.00. The summed E-state index contributed by atoms with van der Waals surface area (Å²) in [5.41, 5.74) is 3.51. The number of nitrogens with one attached hydrogen (secondary N) is 1. The molecule has 0 radical (unpaired) electrons. The van der Waals surface area contributed by atoms with Crippen LogP contribution >= 0.6 is 0 Å². The second kappa shape index (κ2) is 6.40. The van der Waals surface area contributed by atoms with Crippen LogP contribution in [0.5, 0.6) is 0 Å². The molecule has 108 valence electrons. The molecule has 20 heavy (non-hydrogen) atoms. The fraction of sp³-hybridized carbons (Fsp3) is 0.588. The van der Waals surface area contributed by atoms with E-state index in [1.807, 2.05) is 6.07 Å². The van der Waals surface area contributed by atoms with Crippen molar-refractivity contribution in [2.24, 2.45) is 0 Å². The van der Waals surface area contributed by atoms with E-state index in [1.54, 1.807) is 0 Å². The zero-order chi connectivity index (χ0) is 13.8. The largest absolute Gasteiger partial charge is 0.308 e. The Morgan fingerprint density at radius 3 is 2.70 bits per heavy atom. The lowest BCUT2D eigenvalue weighted by atomic mass is 9.97. The molecule has 1 aliphatic rings. The molecule has 0 spiro atoms. The standard InChI is InChI=1S/C17H25N3/c1-14-16(20-12-8-7-11-17(20)19-14)13-18-15-9-5-3-2-4-6-10-15/h7-8,11-12,15,18H,2-6,9-10,13H2,1H3. The molecule has 0 saturated heterocycles. The zero-order valence-corrected chi connectivity index (χ0v) is 12.4. The van der Waals surface area contributed by atoms with Gasteiger partial charge in [-0.3, -0.25) is 0 Å². The summed E-state index contributed by atoms with van der Waals surface area (Å²) in [4.78, 5) is 4.63. The van der Waals surface area contributed by atoms with E-state index in [4.69, 9.17) is 0 Å². The summed E-state index contributed by atoms with van der Waals surface area (Å²) in [6, 6.07) is 6.89. The van der Waals surface area contributed by atoms with Gasteiger partial charge in [-0.05, 0) is 31.9 Å². The molecule has 0 unspecified atom stereocenters. The molecule has 0 atom stereocenters. The molecule has 3 rings (SSSR count). The molecular weight excluding hydrogens is 246 g/mol. The molecule has 1 N–H and O–H groups in total. The number of aryl methyl sites for hydroxylation is 1. The third kappa shape index (κ3) is 3.04. The Morgan fingerprint density at radius 1 is 1.15 bits per heavy atom. The quantitative estimate of drug-likeness (QED) is 0.919. The van der Waals surface area contributed by atoms with Gasteiger partial charge in [0.1, 0.15) is 5.65 Å². The lowest BCUT2D eigenvalue weighted by Crippen LogP contribution is -2.29. The van der Waals surface area contributed by atoms with Crippen molar-refractivity contribution >= 4 is 5.65 Å². The molecule has 1 aliphatic carbocycles. The minimum atomic E-state index is 0.684. The van der Waals surface area contributed by atoms with Crippen molar-refractivity contribution in [1.29, 1.82) is 0 Å². The number of fused-ring (bicyclic) bond motifs is 1. The number of rotatable bonds is 3. The van der Waals surface area contributed by atoms with Crippen molar-refractivity contribution in [1.82, 2.24) is 14.7 Å². The monoisotopic (exact) mass is 271 g/mol. The van der Waals surface area contributed by atoms with Crippen molar-refractivity contribution < 1.29 is 0 Å². The highest BCUT2D eigenvalue weighted by Gasteiger charge is 2.13. The fourth-order valence-corrected chi connectivity index (χ4v) is 3.28. The molecule has 3 heteroatoms. The van der Waals surface area contributed by atoms with Crippen LogP contribution in [0.2, 0.25) is 0 Å². The second-order valence-electron chi connectivity index (χ2n) is 6.00. The molecular formula is C17H25N3. The van der Waals surface area contributed by atoms with Crippen LogP contribution in [-0.2, 0) is 6.54 Å². The van der Waals surface area contributed by atoms with E-state index >= 15 is 0 Å². The zero-order valence-electron chi connectivity index (χ0n) is 12.4. The number of imidazole rings is 1. The predicted octanol–water partition coefficient (Wildman–Crippen LogP) is 3.85. The van der Waals surface area contributed by atoms with Gasteiger partial charge in [0.25, 0.3) is 0 Å². The summed E-state index contributed by atoms with van der Waals surface area (Å²) in [6.45, 7) is 3.05. The normalized spacial score (nSPS) is 18.1. The molecule has 3 nitrogen and oxygen atoms in total. The minimum Gasteiger partial charge on any atom is -0.308 e. The molecule has 2 aromatic heterocycles. The van der Waals surface area contributed by atoms with Gasteiger partial charge in [-0.2, -0.15) is 0 Å². The Morgan fingerprint density at radius 2 is 1.90 bits per heavy atom. The van der Waals surface area contributed by atoms with Crippen LogP contribution in [0, 0.1) is 6.92 Å². The molecule has 0 aliphatic heterocycles. The first-order valence-corrected chi connectivity index (χ1v) is 8.00. The van der Waals surface area contributed by atoms with Gasteiger partial charge < -0.3 is 9.72 Å². The van der Waals surface area contributed by atoms with Crippen molar-refractivity contribution in [3.05, 3.63) is 35.8 Å². The van der Waals surface area contributed by atoms with E-state index in [1.165, 1.54) is 50.6 Å². The van der Waals surface area contributed by atoms with Crippen molar-refractivity contribution in [3.8, 4) is 0 Å². The van der Waals surface area contributed by atoms with Crippen LogP contribution in [-0.4, -0.2) is 15.4 Å². The Labute approximate surface area is 121 Å². The minimum absolute atomic E-state index is 0.684. The van der Waals surface area contributed by atoms with Gasteiger partial charge in [0.05, 0.1) is 11.4 Å². The number of aromatic nitrogens is 2. The van der Waals surface area contributed by atoms with Crippen LogP contribution in [0.25, 0.3) is 5.65 Å². The summed E-state index contributed by atoms with van der Waals surface area (Å²) in [5.74, 6) is 0. The Balaban J connectivity index is 1.68. The summed E-state index contributed by atoms with van der Waals surface area (Å²) >= 11 is 0. The summed E-state index contributed by atoms with van der Waals surface area (Å²) in [7, 11) is 0. The number of pyridine rings is 1. The van der Waals surface area contributed by atoms with E-state index in [9.17, 15) is 0 Å². The van der Waals surface area contributed by atoms with Crippen LogP contribution in [0.4, 0.5) is 0 Å². The van der Waals surface area contributed by atoms with Gasteiger partial charge in [0.15, 0.2) is 0 Å². The van der Waals surface area contributed by atoms with Gasteiger partial charge in [0.2, 0.25) is 0 Å². The van der Waals surface area contributed by atoms with Gasteiger partial charge in [-0.1, -0.05) is 38.2 Å². The molecule has 1 fully saturated rings. The highest BCUT2D eigenvalue weighted by molar-refractivity contribution is 5.42. The van der Waals surface area contributed by atoms with E-state index < -0.39 is 0 Å². The van der Waals surface area contributed by atoms with Gasteiger partial charge >= 0.3 is 0 Å². The third-order valence-corrected chi connectivity index (χ3v) is 4.49. The van der Waals surface area contributed by atoms with Crippen LogP contribution < -0.4 is 5.32 Å². The van der Waals surface area contributed by atoms with E-state index in [-0.39, 0.29) is 0 Å². The number of nitrogens with zero attached hydrogens (tertiary/aromatic N) is 2. The first kappa shape index (κ1) is 13.6. The molecule has 1 saturated carbocycles. The highest BCUT2D eigenvalue weighted by Crippen LogP contribution is 2.18. The SMILES string of the molecule is Cc1nc2ccccn2c1CNC1CCCCCCC1. The third-order valence-electron chi connectivity index (χ3n) is 4.49. The lowest BCUT2D eigenvalue weighted by Gasteiger charge is -2.21. The van der Waals surface area contributed by atoms with E-state index in [2.05, 4.69) is 40.0 Å². The fourth-order valence-electron chi connectivity index (χ4n) is 3.28. The van der Waals surface area contributed by atoms with Crippen LogP contribution in [0.15, 0.2) is 24.4 Å². The summed E-state index contributed by atoms with van der Waals surface area (Å²) < 4.78 is 2.21. The molecule has 0 bridgehead atoms. The maximum absolute atomic E-state index is 4.63. The van der Waals surface area contributed by atoms with Crippen molar-refractivity contribution in [2.45, 2.75) is 64.5 Å². The first-order valence-electron chi connectivity index (χ1n) is 8.00. The molecule has 2 aromatic rings. The smallest absolute Gasteiger partial charge is 0.137 e. The maximum atomic E-state index is 4.63. The number of hydrogen-bond acceptors (Lipinski definition) is 2. The maximum Gasteiger partial charge on any atom is 0.137 e. The van der Waals surface area contributed by atoms with E-state index in [0.717, 1.165) is 17.9 Å². The van der Waals surface area contributed by atoms with Gasteiger partial charge in [-0.25, -0.2) is 4.98 Å².